The van der Waals surface area contributed by atoms with Crippen LogP contribution in [0.4, 0.5) is 0 Å². The molecule has 4 heteroatoms. The van der Waals surface area contributed by atoms with Crippen molar-refractivity contribution in [1.29, 1.82) is 0 Å². The van der Waals surface area contributed by atoms with Gasteiger partial charge in [-0.2, -0.15) is 0 Å². The molecule has 1 fully saturated rings. The summed E-state index contributed by atoms with van der Waals surface area (Å²) < 4.78 is 0. The first-order valence-electron chi connectivity index (χ1n) is 7.14. The minimum atomic E-state index is 0.237. The molecule has 0 saturated carbocycles. The normalized spacial score (nSPS) is 22.6. The monoisotopic (exact) mass is 302 g/mol. The summed E-state index contributed by atoms with van der Waals surface area (Å²) in [5.41, 5.74) is 3.29. The molecule has 21 heavy (non-hydrogen) atoms. The molecular weight excluding hydrogens is 284 g/mol. The number of aromatic hydroxyl groups is 1. The fraction of sp³-hybridized carbons (Fsp3) is 0.353. The summed E-state index contributed by atoms with van der Waals surface area (Å²) in [6.45, 7) is 3.96. The smallest absolute Gasteiger partial charge is 0.120 e. The van der Waals surface area contributed by atoms with Crippen molar-refractivity contribution in [2.24, 2.45) is 0 Å². The number of likely N-dealkylation sites (tertiary alicyclic amines) is 1. The molecule has 1 aromatic carbocycles. The van der Waals surface area contributed by atoms with Gasteiger partial charge in [-0.3, -0.25) is 4.98 Å². The Morgan fingerprint density at radius 3 is 2.71 bits per heavy atom. The third-order valence-electron chi connectivity index (χ3n) is 4.30. The second-order valence-corrected chi connectivity index (χ2v) is 6.28. The number of halogens is 1. The molecule has 2 atom stereocenters. The highest BCUT2D eigenvalue weighted by Crippen LogP contribution is 2.42. The van der Waals surface area contributed by atoms with Crippen molar-refractivity contribution in [2.75, 3.05) is 20.1 Å². The van der Waals surface area contributed by atoms with Crippen molar-refractivity contribution in [2.45, 2.75) is 18.8 Å². The van der Waals surface area contributed by atoms with E-state index in [4.69, 9.17) is 11.6 Å². The summed E-state index contributed by atoms with van der Waals surface area (Å²) in [6, 6.07) is 9.47. The summed E-state index contributed by atoms with van der Waals surface area (Å²) in [5.74, 6) is 0.811. The molecule has 0 aliphatic carbocycles. The van der Waals surface area contributed by atoms with Gasteiger partial charge in [0.15, 0.2) is 0 Å². The van der Waals surface area contributed by atoms with E-state index in [0.29, 0.717) is 10.9 Å². The van der Waals surface area contributed by atoms with Crippen LogP contribution in [0.2, 0.25) is 5.02 Å². The first-order chi connectivity index (χ1) is 10.1. The lowest BCUT2D eigenvalue weighted by atomic mass is 9.84. The Kier molecular flexibility index (Phi) is 3.87. The predicted molar refractivity (Wildman–Crippen MR) is 85.1 cm³/mol. The number of phenolic OH excluding ortho intramolecular Hbond substituents is 1. The highest BCUT2D eigenvalue weighted by molar-refractivity contribution is 6.30. The predicted octanol–water partition coefficient (Wildman–Crippen LogP) is 3.56. The Morgan fingerprint density at radius 2 is 2.00 bits per heavy atom. The van der Waals surface area contributed by atoms with E-state index in [9.17, 15) is 5.11 Å². The fourth-order valence-corrected chi connectivity index (χ4v) is 3.48. The van der Waals surface area contributed by atoms with Crippen LogP contribution in [0, 0.1) is 6.92 Å². The number of likely N-dealkylation sites (N-methyl/N-ethyl adjacent to an activating group) is 1. The molecule has 3 rings (SSSR count). The second kappa shape index (κ2) is 5.66. The molecule has 1 N–H and O–H groups in total. The van der Waals surface area contributed by atoms with Crippen molar-refractivity contribution < 1.29 is 5.11 Å². The molecule has 1 aliphatic heterocycles. The van der Waals surface area contributed by atoms with Crippen molar-refractivity contribution in [3.05, 3.63) is 58.4 Å². The molecule has 2 heterocycles. The minimum Gasteiger partial charge on any atom is -0.508 e. The maximum absolute atomic E-state index is 10.2. The van der Waals surface area contributed by atoms with Crippen LogP contribution in [-0.4, -0.2) is 35.1 Å². The highest BCUT2D eigenvalue weighted by atomic mass is 35.5. The van der Waals surface area contributed by atoms with Gasteiger partial charge in [0.2, 0.25) is 0 Å². The summed E-state index contributed by atoms with van der Waals surface area (Å²) in [4.78, 5) is 6.87. The average molecular weight is 303 g/mol. The van der Waals surface area contributed by atoms with Crippen LogP contribution in [0.15, 0.2) is 36.5 Å². The van der Waals surface area contributed by atoms with E-state index in [0.717, 1.165) is 24.3 Å². The minimum absolute atomic E-state index is 0.237. The van der Waals surface area contributed by atoms with Gasteiger partial charge in [0.25, 0.3) is 0 Å². The fourth-order valence-electron chi connectivity index (χ4n) is 3.31. The molecule has 0 amide bonds. The van der Waals surface area contributed by atoms with Crippen LogP contribution in [0.5, 0.6) is 5.75 Å². The largest absolute Gasteiger partial charge is 0.508 e. The zero-order chi connectivity index (χ0) is 15.0. The topological polar surface area (TPSA) is 36.4 Å². The van der Waals surface area contributed by atoms with Crippen LogP contribution < -0.4 is 0 Å². The second-order valence-electron chi connectivity index (χ2n) is 5.84. The SMILES string of the molecule is Cc1cccnc1C1CN(C)CC1c1ccc(Cl)cc1O. The van der Waals surface area contributed by atoms with Crippen molar-refractivity contribution in [3.8, 4) is 5.75 Å². The van der Waals surface area contributed by atoms with E-state index < -0.39 is 0 Å². The summed E-state index contributed by atoms with van der Waals surface area (Å²) >= 11 is 5.95. The molecule has 1 aliphatic rings. The molecular formula is C17H19ClN2O. The molecule has 0 bridgehead atoms. The van der Waals surface area contributed by atoms with Crippen molar-refractivity contribution in [1.82, 2.24) is 9.88 Å². The first kappa shape index (κ1) is 14.4. The molecule has 1 aromatic heterocycles. The van der Waals surface area contributed by atoms with Crippen LogP contribution in [0.25, 0.3) is 0 Å². The molecule has 3 nitrogen and oxygen atoms in total. The lowest BCUT2D eigenvalue weighted by Crippen LogP contribution is -2.14. The number of pyridine rings is 1. The number of phenols is 1. The first-order valence-corrected chi connectivity index (χ1v) is 7.52. The molecule has 2 aromatic rings. The van der Waals surface area contributed by atoms with Gasteiger partial charge in [-0.05, 0) is 43.3 Å². The van der Waals surface area contributed by atoms with Crippen LogP contribution in [-0.2, 0) is 0 Å². The number of aryl methyl sites for hydroxylation is 1. The lowest BCUT2D eigenvalue weighted by molar-refractivity contribution is 0.405. The number of nitrogens with zero attached hydrogens (tertiary/aromatic N) is 2. The van der Waals surface area contributed by atoms with Crippen LogP contribution >= 0.6 is 11.6 Å². The number of rotatable bonds is 2. The maximum atomic E-state index is 10.2. The van der Waals surface area contributed by atoms with Gasteiger partial charge >= 0.3 is 0 Å². The van der Waals surface area contributed by atoms with Crippen molar-refractivity contribution in [3.63, 3.8) is 0 Å². The zero-order valence-corrected chi connectivity index (χ0v) is 13.0. The molecule has 110 valence electrons. The van der Waals surface area contributed by atoms with Gasteiger partial charge in [-0.25, -0.2) is 0 Å². The van der Waals surface area contributed by atoms with E-state index in [2.05, 4.69) is 29.9 Å². The standard InChI is InChI=1S/C17H19ClN2O/c1-11-4-3-7-19-17(11)15-10-20(2)9-14(15)13-6-5-12(18)8-16(13)21/h3-8,14-15,21H,9-10H2,1-2H3. The van der Waals surface area contributed by atoms with Crippen LogP contribution in [0.1, 0.15) is 28.7 Å². The van der Waals surface area contributed by atoms with E-state index in [1.165, 1.54) is 5.56 Å². The van der Waals surface area contributed by atoms with Gasteiger partial charge < -0.3 is 10.0 Å². The molecule has 0 spiro atoms. The van der Waals surface area contributed by atoms with Gasteiger partial charge in [0.1, 0.15) is 5.75 Å². The Labute approximate surface area is 130 Å². The third-order valence-corrected chi connectivity index (χ3v) is 4.53. The Morgan fingerprint density at radius 1 is 1.24 bits per heavy atom. The van der Waals surface area contributed by atoms with Gasteiger partial charge in [0.05, 0.1) is 0 Å². The van der Waals surface area contributed by atoms with Gasteiger partial charge in [-0.15, -0.1) is 0 Å². The highest BCUT2D eigenvalue weighted by Gasteiger charge is 2.36. The summed E-state index contributed by atoms with van der Waals surface area (Å²) in [5, 5.41) is 10.8. The van der Waals surface area contributed by atoms with E-state index in [-0.39, 0.29) is 11.7 Å². The Balaban J connectivity index is 2.02. The van der Waals surface area contributed by atoms with Gasteiger partial charge in [0, 0.05) is 41.8 Å². The summed E-state index contributed by atoms with van der Waals surface area (Å²) in [6.07, 6.45) is 1.85. The Hall–Kier alpha value is -1.58. The summed E-state index contributed by atoms with van der Waals surface area (Å²) in [7, 11) is 2.11. The van der Waals surface area contributed by atoms with E-state index in [1.807, 2.05) is 24.4 Å². The van der Waals surface area contributed by atoms with Crippen molar-refractivity contribution >= 4 is 11.6 Å². The number of hydrogen-bond acceptors (Lipinski definition) is 3. The van der Waals surface area contributed by atoms with Crippen LogP contribution in [0.3, 0.4) is 0 Å². The van der Waals surface area contributed by atoms with E-state index >= 15 is 0 Å². The number of benzene rings is 1. The van der Waals surface area contributed by atoms with Gasteiger partial charge in [-0.1, -0.05) is 23.7 Å². The molecule has 1 saturated heterocycles. The van der Waals surface area contributed by atoms with E-state index in [1.54, 1.807) is 6.07 Å². The lowest BCUT2D eigenvalue weighted by Gasteiger charge is -2.21. The molecule has 0 radical (unpaired) electrons. The third kappa shape index (κ3) is 2.76. The number of hydrogen-bond donors (Lipinski definition) is 1. The number of aromatic nitrogens is 1. The zero-order valence-electron chi connectivity index (χ0n) is 12.3. The Bertz CT molecular complexity index is 659. The molecule has 2 unspecified atom stereocenters. The maximum Gasteiger partial charge on any atom is 0.120 e. The average Bonchev–Trinajstić information content (AvgIpc) is 2.81. The quantitative estimate of drug-likeness (QED) is 0.921.